The molecule has 0 radical (unpaired) electrons. The number of halogens is 3. The molecule has 12 heteroatoms. The predicted molar refractivity (Wildman–Crippen MR) is 103 cm³/mol. The number of aryl methyl sites for hydroxylation is 1. The maximum atomic E-state index is 13.2. The van der Waals surface area contributed by atoms with E-state index < -0.39 is 11.7 Å². The van der Waals surface area contributed by atoms with Crippen LogP contribution in [0.4, 0.5) is 19.1 Å². The Labute approximate surface area is 175 Å². The Kier molecular flexibility index (Phi) is 5.53. The molecule has 0 unspecified atom stereocenters. The number of carbonyl (C=O) groups is 1. The molecule has 1 N–H and O–H groups in total. The number of rotatable bonds is 4. The van der Waals surface area contributed by atoms with Gasteiger partial charge < -0.3 is 10.2 Å². The van der Waals surface area contributed by atoms with E-state index in [9.17, 15) is 18.0 Å². The first kappa shape index (κ1) is 20.7. The average Bonchev–Trinajstić information content (AvgIpc) is 3.28. The molecule has 0 aromatic carbocycles. The molecule has 3 aromatic rings. The molecule has 3 aromatic heterocycles. The first-order chi connectivity index (χ1) is 14.8. The third kappa shape index (κ3) is 4.62. The third-order valence-electron chi connectivity index (χ3n) is 4.86. The molecule has 0 spiro atoms. The van der Waals surface area contributed by atoms with Gasteiger partial charge in [0, 0.05) is 37.7 Å². The van der Waals surface area contributed by atoms with Gasteiger partial charge in [-0.3, -0.25) is 4.79 Å². The summed E-state index contributed by atoms with van der Waals surface area (Å²) in [6, 6.07) is 1.59. The fraction of sp³-hybridized carbons (Fsp3) is 0.368. The molecular formula is C19H19F3N8O. The zero-order valence-electron chi connectivity index (χ0n) is 16.5. The Morgan fingerprint density at radius 3 is 2.52 bits per heavy atom. The van der Waals surface area contributed by atoms with Gasteiger partial charge in [-0.2, -0.15) is 23.4 Å². The molecule has 0 saturated carbocycles. The van der Waals surface area contributed by atoms with E-state index in [0.717, 1.165) is 24.4 Å². The standard InChI is InChI=1S/C19H19F3N8O/c1-12-7-15(30-26-4-5-27-30)16(23-8-12)17(31)29-6-2-3-14(11-29)28-18-24-9-13(10-25-18)19(20,21)22/h4-5,7-10,14H,2-3,6,11H2,1H3,(H,24,25,28)/t14-/m1/s1. The van der Waals surface area contributed by atoms with E-state index in [-0.39, 0.29) is 23.6 Å². The summed E-state index contributed by atoms with van der Waals surface area (Å²) in [5.41, 5.74) is 0.662. The minimum absolute atomic E-state index is 0.0854. The van der Waals surface area contributed by atoms with Crippen LogP contribution in [0.25, 0.3) is 5.69 Å². The van der Waals surface area contributed by atoms with E-state index in [4.69, 9.17) is 0 Å². The van der Waals surface area contributed by atoms with Crippen LogP contribution in [0.3, 0.4) is 0 Å². The summed E-state index contributed by atoms with van der Waals surface area (Å²) in [6.45, 7) is 2.73. The lowest BCUT2D eigenvalue weighted by Gasteiger charge is -2.33. The smallest absolute Gasteiger partial charge is 0.350 e. The van der Waals surface area contributed by atoms with Gasteiger partial charge in [0.25, 0.3) is 5.91 Å². The Morgan fingerprint density at radius 1 is 1.13 bits per heavy atom. The quantitative estimate of drug-likeness (QED) is 0.676. The minimum Gasteiger partial charge on any atom is -0.350 e. The normalized spacial score (nSPS) is 16.9. The Balaban J connectivity index is 1.49. The molecule has 1 saturated heterocycles. The van der Waals surface area contributed by atoms with Crippen molar-refractivity contribution in [1.29, 1.82) is 0 Å². The zero-order chi connectivity index (χ0) is 22.0. The topological polar surface area (TPSA) is 102 Å². The monoisotopic (exact) mass is 432 g/mol. The van der Waals surface area contributed by atoms with Crippen LogP contribution in [0.5, 0.6) is 0 Å². The highest BCUT2D eigenvalue weighted by Crippen LogP contribution is 2.28. The average molecular weight is 432 g/mol. The van der Waals surface area contributed by atoms with Gasteiger partial charge in [-0.15, -0.1) is 4.80 Å². The van der Waals surface area contributed by atoms with Crippen molar-refractivity contribution in [2.24, 2.45) is 0 Å². The van der Waals surface area contributed by atoms with Crippen molar-refractivity contribution in [3.05, 3.63) is 53.9 Å². The van der Waals surface area contributed by atoms with Crippen LogP contribution in [0, 0.1) is 6.92 Å². The maximum absolute atomic E-state index is 13.2. The molecule has 4 rings (SSSR count). The lowest BCUT2D eigenvalue weighted by molar-refractivity contribution is -0.138. The highest BCUT2D eigenvalue weighted by molar-refractivity contribution is 5.95. The fourth-order valence-electron chi connectivity index (χ4n) is 3.37. The van der Waals surface area contributed by atoms with E-state index >= 15 is 0 Å². The van der Waals surface area contributed by atoms with Crippen molar-refractivity contribution >= 4 is 11.9 Å². The number of likely N-dealkylation sites (tertiary alicyclic amines) is 1. The molecule has 1 fully saturated rings. The molecule has 1 aliphatic heterocycles. The fourth-order valence-corrected chi connectivity index (χ4v) is 3.37. The number of piperidine rings is 1. The molecule has 9 nitrogen and oxygen atoms in total. The lowest BCUT2D eigenvalue weighted by Crippen LogP contribution is -2.45. The number of hydrogen-bond acceptors (Lipinski definition) is 7. The highest BCUT2D eigenvalue weighted by atomic mass is 19.4. The lowest BCUT2D eigenvalue weighted by atomic mass is 10.0. The number of pyridine rings is 1. The number of amides is 1. The third-order valence-corrected chi connectivity index (χ3v) is 4.86. The van der Waals surface area contributed by atoms with Gasteiger partial charge in [0.15, 0.2) is 5.69 Å². The number of carbonyl (C=O) groups excluding carboxylic acids is 1. The summed E-state index contributed by atoms with van der Waals surface area (Å²) in [7, 11) is 0. The summed E-state index contributed by atoms with van der Waals surface area (Å²) < 4.78 is 38.0. The van der Waals surface area contributed by atoms with Crippen molar-refractivity contribution in [1.82, 2.24) is 34.8 Å². The van der Waals surface area contributed by atoms with Crippen molar-refractivity contribution in [2.75, 3.05) is 18.4 Å². The van der Waals surface area contributed by atoms with Crippen LogP contribution in [-0.4, -0.2) is 59.9 Å². The number of anilines is 1. The van der Waals surface area contributed by atoms with E-state index in [1.54, 1.807) is 17.2 Å². The van der Waals surface area contributed by atoms with E-state index in [2.05, 4.69) is 30.5 Å². The number of nitrogens with one attached hydrogen (secondary N) is 1. The molecule has 1 aliphatic rings. The molecular weight excluding hydrogens is 413 g/mol. The molecule has 1 amide bonds. The van der Waals surface area contributed by atoms with Crippen molar-refractivity contribution in [3.8, 4) is 5.69 Å². The maximum Gasteiger partial charge on any atom is 0.419 e. The summed E-state index contributed by atoms with van der Waals surface area (Å²) >= 11 is 0. The number of nitrogens with zero attached hydrogens (tertiary/aromatic N) is 7. The minimum atomic E-state index is -4.49. The molecule has 31 heavy (non-hydrogen) atoms. The van der Waals surface area contributed by atoms with Crippen molar-refractivity contribution in [3.63, 3.8) is 0 Å². The van der Waals surface area contributed by atoms with Crippen molar-refractivity contribution < 1.29 is 18.0 Å². The van der Waals surface area contributed by atoms with Crippen LogP contribution in [0.1, 0.15) is 34.5 Å². The van der Waals surface area contributed by atoms with E-state index in [1.807, 2.05) is 6.92 Å². The second-order valence-electron chi connectivity index (χ2n) is 7.23. The summed E-state index contributed by atoms with van der Waals surface area (Å²) in [4.78, 5) is 28.0. The van der Waals surface area contributed by atoms with Gasteiger partial charge in [0.05, 0.1) is 18.0 Å². The zero-order valence-corrected chi connectivity index (χ0v) is 16.5. The Bertz CT molecular complexity index is 1050. The second kappa shape index (κ2) is 8.28. The first-order valence-electron chi connectivity index (χ1n) is 9.59. The molecule has 0 aliphatic carbocycles. The first-order valence-corrected chi connectivity index (χ1v) is 9.59. The summed E-state index contributed by atoms with van der Waals surface area (Å²) in [5, 5.41) is 11.2. The largest absolute Gasteiger partial charge is 0.419 e. The number of alkyl halides is 3. The highest BCUT2D eigenvalue weighted by Gasteiger charge is 2.32. The molecule has 0 bridgehead atoms. The van der Waals surface area contributed by atoms with Gasteiger partial charge in [0.1, 0.15) is 5.69 Å². The van der Waals surface area contributed by atoms with E-state index in [0.29, 0.717) is 25.2 Å². The van der Waals surface area contributed by atoms with Crippen LogP contribution >= 0.6 is 0 Å². The SMILES string of the molecule is Cc1cnc(C(=O)N2CCC[C@@H](Nc3ncc(C(F)(F)F)cn3)C2)c(-n2nccn2)c1. The summed E-state index contributed by atoms with van der Waals surface area (Å²) in [5.74, 6) is -0.186. The van der Waals surface area contributed by atoms with Gasteiger partial charge in [0.2, 0.25) is 5.95 Å². The van der Waals surface area contributed by atoms with Crippen molar-refractivity contribution in [2.45, 2.75) is 32.0 Å². The van der Waals surface area contributed by atoms with Crippen LogP contribution in [0.2, 0.25) is 0 Å². The van der Waals surface area contributed by atoms with E-state index in [1.165, 1.54) is 17.2 Å². The Morgan fingerprint density at radius 2 is 1.84 bits per heavy atom. The Hall–Kier alpha value is -3.57. The molecule has 1 atom stereocenters. The van der Waals surface area contributed by atoms with Crippen LogP contribution in [-0.2, 0) is 6.18 Å². The second-order valence-corrected chi connectivity index (χ2v) is 7.23. The van der Waals surface area contributed by atoms with Gasteiger partial charge in [-0.25, -0.2) is 15.0 Å². The van der Waals surface area contributed by atoms with Crippen LogP contribution in [0.15, 0.2) is 37.1 Å². The van der Waals surface area contributed by atoms with Gasteiger partial charge >= 0.3 is 6.18 Å². The predicted octanol–water partition coefficient (Wildman–Crippen LogP) is 2.50. The molecule has 4 heterocycles. The molecule has 162 valence electrons. The van der Waals surface area contributed by atoms with Gasteiger partial charge in [-0.1, -0.05) is 0 Å². The summed E-state index contributed by atoms with van der Waals surface area (Å²) in [6.07, 6.45) is 3.06. The van der Waals surface area contributed by atoms with Crippen LogP contribution < -0.4 is 5.32 Å². The number of aromatic nitrogens is 6. The number of hydrogen-bond donors (Lipinski definition) is 1. The van der Waals surface area contributed by atoms with Gasteiger partial charge in [-0.05, 0) is 31.4 Å².